The molecular formula is C16H22N6. The van der Waals surface area contributed by atoms with Crippen molar-refractivity contribution in [1.82, 2.24) is 20.1 Å². The summed E-state index contributed by atoms with van der Waals surface area (Å²) in [4.78, 5) is 9.08. The van der Waals surface area contributed by atoms with Crippen LogP contribution < -0.4 is 10.2 Å². The number of hydrogen-bond donors (Lipinski definition) is 1. The van der Waals surface area contributed by atoms with Gasteiger partial charge in [-0.05, 0) is 19.5 Å². The highest BCUT2D eigenvalue weighted by molar-refractivity contribution is 5.40. The molecule has 0 amide bonds. The summed E-state index contributed by atoms with van der Waals surface area (Å²) in [5, 5.41) is 11.6. The summed E-state index contributed by atoms with van der Waals surface area (Å²) < 4.78 is 0. The van der Waals surface area contributed by atoms with Crippen molar-refractivity contribution in [2.75, 3.05) is 43.4 Å². The van der Waals surface area contributed by atoms with Gasteiger partial charge in [0.25, 0.3) is 0 Å². The zero-order chi connectivity index (χ0) is 15.4. The van der Waals surface area contributed by atoms with Crippen LogP contribution in [-0.2, 0) is 6.54 Å². The highest BCUT2D eigenvalue weighted by Gasteiger charge is 2.17. The van der Waals surface area contributed by atoms with Gasteiger partial charge < -0.3 is 15.1 Å². The first-order valence-corrected chi connectivity index (χ1v) is 7.63. The second-order valence-corrected chi connectivity index (χ2v) is 5.77. The van der Waals surface area contributed by atoms with Crippen molar-refractivity contribution in [3.63, 3.8) is 0 Å². The topological polar surface area (TPSA) is 57.2 Å². The molecule has 0 saturated carbocycles. The molecule has 1 aromatic carbocycles. The number of nitrogens with zero attached hydrogens (tertiary/aromatic N) is 5. The summed E-state index contributed by atoms with van der Waals surface area (Å²) in [6, 6.07) is 8.44. The number of benzene rings is 1. The largest absolute Gasteiger partial charge is 0.365 e. The van der Waals surface area contributed by atoms with Crippen LogP contribution in [-0.4, -0.2) is 53.3 Å². The number of rotatable bonds is 4. The van der Waals surface area contributed by atoms with Gasteiger partial charge in [0.15, 0.2) is 5.82 Å². The van der Waals surface area contributed by atoms with Crippen molar-refractivity contribution < 1.29 is 0 Å². The molecule has 0 radical (unpaired) electrons. The van der Waals surface area contributed by atoms with Crippen LogP contribution in [0.2, 0.25) is 0 Å². The number of piperazine rings is 1. The zero-order valence-corrected chi connectivity index (χ0v) is 13.2. The molecule has 1 aliphatic rings. The van der Waals surface area contributed by atoms with Gasteiger partial charge in [-0.15, -0.1) is 5.10 Å². The van der Waals surface area contributed by atoms with E-state index in [1.807, 2.05) is 0 Å². The van der Waals surface area contributed by atoms with Crippen LogP contribution in [0.4, 0.5) is 11.8 Å². The average Bonchev–Trinajstić information content (AvgIpc) is 2.54. The van der Waals surface area contributed by atoms with E-state index in [9.17, 15) is 0 Å². The monoisotopic (exact) mass is 298 g/mol. The summed E-state index contributed by atoms with van der Waals surface area (Å²) in [7, 11) is 2.14. The predicted molar refractivity (Wildman–Crippen MR) is 88.0 cm³/mol. The molecule has 1 N–H and O–H groups in total. The molecule has 0 atom stereocenters. The number of nitrogens with one attached hydrogen (secondary N) is 1. The SMILES string of the molecule is Cc1cccc(CNc2cnnc(N3CCN(C)CC3)n2)c1. The predicted octanol–water partition coefficient (Wildman–Crippen LogP) is 1.54. The first-order chi connectivity index (χ1) is 10.7. The lowest BCUT2D eigenvalue weighted by atomic mass is 10.1. The molecule has 22 heavy (non-hydrogen) atoms. The van der Waals surface area contributed by atoms with E-state index >= 15 is 0 Å². The lowest BCUT2D eigenvalue weighted by Gasteiger charge is -2.32. The van der Waals surface area contributed by atoms with Crippen molar-refractivity contribution >= 4 is 11.8 Å². The van der Waals surface area contributed by atoms with E-state index in [4.69, 9.17) is 0 Å². The van der Waals surface area contributed by atoms with Gasteiger partial charge in [-0.25, -0.2) is 0 Å². The second kappa shape index (κ2) is 6.70. The number of likely N-dealkylation sites (N-methyl/N-ethyl adjacent to an activating group) is 1. The molecule has 2 aromatic rings. The normalized spacial score (nSPS) is 15.8. The van der Waals surface area contributed by atoms with Crippen LogP contribution >= 0.6 is 0 Å². The minimum atomic E-state index is 0.711. The van der Waals surface area contributed by atoms with Crippen molar-refractivity contribution in [1.29, 1.82) is 0 Å². The molecule has 0 aliphatic carbocycles. The smallest absolute Gasteiger partial charge is 0.247 e. The standard InChI is InChI=1S/C16H22N6/c1-13-4-3-5-14(10-13)11-17-15-12-18-20-16(19-15)22-8-6-21(2)7-9-22/h3-5,10,12H,6-9,11H2,1-2H3,(H,17,19,20). The Morgan fingerprint density at radius 2 is 2.00 bits per heavy atom. The summed E-state index contributed by atoms with van der Waals surface area (Å²) in [6.07, 6.45) is 1.68. The third kappa shape index (κ3) is 3.71. The van der Waals surface area contributed by atoms with Gasteiger partial charge in [-0.3, -0.25) is 0 Å². The van der Waals surface area contributed by atoms with Crippen molar-refractivity contribution in [3.05, 3.63) is 41.6 Å². The Labute approximate surface area is 131 Å². The van der Waals surface area contributed by atoms with Crippen molar-refractivity contribution in [3.8, 4) is 0 Å². The molecule has 0 unspecified atom stereocenters. The number of anilines is 2. The van der Waals surface area contributed by atoms with Gasteiger partial charge in [-0.1, -0.05) is 29.8 Å². The van der Waals surface area contributed by atoms with E-state index in [0.29, 0.717) is 5.95 Å². The summed E-state index contributed by atoms with van der Waals surface area (Å²) in [5.74, 6) is 1.48. The lowest BCUT2D eigenvalue weighted by Crippen LogP contribution is -2.45. The Kier molecular flexibility index (Phi) is 4.48. The van der Waals surface area contributed by atoms with E-state index < -0.39 is 0 Å². The second-order valence-electron chi connectivity index (χ2n) is 5.77. The molecule has 6 heteroatoms. The average molecular weight is 298 g/mol. The first-order valence-electron chi connectivity index (χ1n) is 7.63. The highest BCUT2D eigenvalue weighted by Crippen LogP contribution is 2.13. The molecule has 0 bridgehead atoms. The minimum absolute atomic E-state index is 0.711. The molecule has 3 rings (SSSR count). The summed E-state index contributed by atoms with van der Waals surface area (Å²) >= 11 is 0. The molecule has 1 aliphatic heterocycles. The van der Waals surface area contributed by atoms with Crippen LogP contribution in [0.5, 0.6) is 0 Å². The number of hydrogen-bond acceptors (Lipinski definition) is 6. The van der Waals surface area contributed by atoms with E-state index in [1.165, 1.54) is 11.1 Å². The van der Waals surface area contributed by atoms with Gasteiger partial charge >= 0.3 is 0 Å². The summed E-state index contributed by atoms with van der Waals surface area (Å²) in [5.41, 5.74) is 2.50. The quantitative estimate of drug-likeness (QED) is 0.924. The number of aryl methyl sites for hydroxylation is 1. The molecule has 2 heterocycles. The maximum Gasteiger partial charge on any atom is 0.247 e. The lowest BCUT2D eigenvalue weighted by molar-refractivity contribution is 0.311. The molecule has 0 spiro atoms. The Bertz CT molecular complexity index is 622. The Hall–Kier alpha value is -2.21. The van der Waals surface area contributed by atoms with Gasteiger partial charge in [0, 0.05) is 32.7 Å². The molecule has 6 nitrogen and oxygen atoms in total. The Morgan fingerprint density at radius 1 is 1.18 bits per heavy atom. The van der Waals surface area contributed by atoms with E-state index in [2.05, 4.69) is 68.5 Å². The van der Waals surface area contributed by atoms with Crippen LogP contribution in [0.3, 0.4) is 0 Å². The van der Waals surface area contributed by atoms with Crippen LogP contribution in [0.25, 0.3) is 0 Å². The third-order valence-electron chi connectivity index (χ3n) is 3.89. The maximum atomic E-state index is 4.58. The fourth-order valence-electron chi connectivity index (χ4n) is 2.53. The van der Waals surface area contributed by atoms with Crippen LogP contribution in [0.1, 0.15) is 11.1 Å². The van der Waals surface area contributed by atoms with Crippen LogP contribution in [0.15, 0.2) is 30.5 Å². The Morgan fingerprint density at radius 3 is 2.77 bits per heavy atom. The van der Waals surface area contributed by atoms with Gasteiger partial charge in [0.1, 0.15) is 0 Å². The molecule has 1 fully saturated rings. The molecule has 1 aromatic heterocycles. The van der Waals surface area contributed by atoms with E-state index in [-0.39, 0.29) is 0 Å². The fraction of sp³-hybridized carbons (Fsp3) is 0.438. The third-order valence-corrected chi connectivity index (χ3v) is 3.89. The first kappa shape index (κ1) is 14.7. The highest BCUT2D eigenvalue weighted by atomic mass is 15.4. The Balaban J connectivity index is 1.64. The zero-order valence-electron chi connectivity index (χ0n) is 13.2. The molecule has 1 saturated heterocycles. The van der Waals surface area contributed by atoms with Gasteiger partial charge in [-0.2, -0.15) is 10.1 Å². The van der Waals surface area contributed by atoms with E-state index in [0.717, 1.165) is 38.5 Å². The van der Waals surface area contributed by atoms with Crippen LogP contribution in [0, 0.1) is 6.92 Å². The number of aromatic nitrogens is 3. The van der Waals surface area contributed by atoms with Crippen molar-refractivity contribution in [2.24, 2.45) is 0 Å². The van der Waals surface area contributed by atoms with Crippen molar-refractivity contribution in [2.45, 2.75) is 13.5 Å². The van der Waals surface area contributed by atoms with Gasteiger partial charge in [0.2, 0.25) is 5.95 Å². The fourth-order valence-corrected chi connectivity index (χ4v) is 2.53. The van der Waals surface area contributed by atoms with E-state index in [1.54, 1.807) is 6.20 Å². The summed E-state index contributed by atoms with van der Waals surface area (Å²) in [6.45, 7) is 6.79. The molecule has 116 valence electrons. The minimum Gasteiger partial charge on any atom is -0.365 e. The van der Waals surface area contributed by atoms with Gasteiger partial charge in [0.05, 0.1) is 6.20 Å². The molecular weight excluding hydrogens is 276 g/mol. The maximum absolute atomic E-state index is 4.58.